The van der Waals surface area contributed by atoms with Gasteiger partial charge in [0.25, 0.3) is 0 Å². The van der Waals surface area contributed by atoms with Crippen molar-refractivity contribution in [2.75, 3.05) is 0 Å². The second-order valence-electron chi connectivity index (χ2n) is 5.53. The molecular weight excluding hydrogens is 287 g/mol. The zero-order valence-electron chi connectivity index (χ0n) is 12.4. The van der Waals surface area contributed by atoms with Gasteiger partial charge in [-0.05, 0) is 24.3 Å². The molecule has 2 atom stereocenters. The van der Waals surface area contributed by atoms with Crippen molar-refractivity contribution >= 4 is 25.8 Å². The Bertz CT molecular complexity index is 431. The van der Waals surface area contributed by atoms with Gasteiger partial charge in [0.15, 0.2) is 0 Å². The SMILES string of the molecule is CC(C)C[C@H](NC(=O)[C@H](Cc1ccccc1)NS)B(O)O. The number of carbonyl (C=O) groups is 1. The average Bonchev–Trinajstić information content (AvgIpc) is 2.44. The van der Waals surface area contributed by atoms with Crippen LogP contribution in [0, 0.1) is 5.92 Å². The molecule has 0 fully saturated rings. The first-order valence-corrected chi connectivity index (χ1v) is 7.48. The predicted molar refractivity (Wildman–Crippen MR) is 87.6 cm³/mol. The van der Waals surface area contributed by atoms with Crippen LogP contribution in [0.15, 0.2) is 30.3 Å². The van der Waals surface area contributed by atoms with Crippen molar-refractivity contribution in [1.82, 2.24) is 10.0 Å². The van der Waals surface area contributed by atoms with Crippen LogP contribution < -0.4 is 10.0 Å². The van der Waals surface area contributed by atoms with Gasteiger partial charge in [0, 0.05) is 0 Å². The lowest BCUT2D eigenvalue weighted by Gasteiger charge is -2.23. The van der Waals surface area contributed by atoms with Crippen molar-refractivity contribution in [2.24, 2.45) is 5.92 Å². The van der Waals surface area contributed by atoms with Crippen LogP contribution in [-0.4, -0.2) is 35.1 Å². The standard InChI is InChI=1S/C14H23BN2O3S/c1-10(2)8-13(15(19)20)16-14(18)12(17-21)9-11-6-4-3-5-7-11/h3-7,10,12-13,17,19-21H,8-9H2,1-2H3,(H,16,18)/t12-,13-/m0/s1. The highest BCUT2D eigenvalue weighted by atomic mass is 32.1. The summed E-state index contributed by atoms with van der Waals surface area (Å²) in [6.07, 6.45) is 0.972. The quantitative estimate of drug-likeness (QED) is 0.359. The van der Waals surface area contributed by atoms with Crippen molar-refractivity contribution in [2.45, 2.75) is 38.7 Å². The Morgan fingerprint density at radius 2 is 1.90 bits per heavy atom. The average molecular weight is 310 g/mol. The number of hydrogen-bond acceptors (Lipinski definition) is 5. The molecule has 0 unspecified atom stereocenters. The van der Waals surface area contributed by atoms with E-state index in [1.807, 2.05) is 44.2 Å². The van der Waals surface area contributed by atoms with Gasteiger partial charge in [0.1, 0.15) is 0 Å². The molecule has 1 rings (SSSR count). The van der Waals surface area contributed by atoms with E-state index in [0.29, 0.717) is 12.8 Å². The normalized spacial score (nSPS) is 13.8. The number of thiol groups is 1. The maximum atomic E-state index is 12.2. The lowest BCUT2D eigenvalue weighted by atomic mass is 9.75. The van der Waals surface area contributed by atoms with E-state index in [1.165, 1.54) is 0 Å². The fourth-order valence-electron chi connectivity index (χ4n) is 2.09. The zero-order chi connectivity index (χ0) is 15.8. The molecule has 21 heavy (non-hydrogen) atoms. The summed E-state index contributed by atoms with van der Waals surface area (Å²) >= 11 is 3.99. The lowest BCUT2D eigenvalue weighted by molar-refractivity contribution is -0.123. The fourth-order valence-corrected chi connectivity index (χ4v) is 2.30. The maximum Gasteiger partial charge on any atom is 0.475 e. The molecule has 0 aliphatic carbocycles. The van der Waals surface area contributed by atoms with E-state index in [9.17, 15) is 14.8 Å². The highest BCUT2D eigenvalue weighted by Crippen LogP contribution is 2.08. The molecule has 116 valence electrons. The molecule has 0 heterocycles. The summed E-state index contributed by atoms with van der Waals surface area (Å²) in [5.74, 6) is -0.737. The van der Waals surface area contributed by atoms with E-state index in [1.54, 1.807) is 0 Å². The third kappa shape index (κ3) is 6.52. The Morgan fingerprint density at radius 3 is 2.38 bits per heavy atom. The first kappa shape index (κ1) is 18.0. The summed E-state index contributed by atoms with van der Waals surface area (Å²) in [5.41, 5.74) is 1.00. The van der Waals surface area contributed by atoms with Crippen molar-refractivity contribution in [1.29, 1.82) is 0 Å². The van der Waals surface area contributed by atoms with Crippen molar-refractivity contribution in [3.63, 3.8) is 0 Å². The van der Waals surface area contributed by atoms with Gasteiger partial charge in [-0.2, -0.15) is 0 Å². The largest absolute Gasteiger partial charge is 0.475 e. The fraction of sp³-hybridized carbons (Fsp3) is 0.500. The third-order valence-electron chi connectivity index (χ3n) is 3.17. The Kier molecular flexibility index (Phi) is 7.81. The molecule has 0 aromatic heterocycles. The van der Waals surface area contributed by atoms with Crippen LogP contribution in [0.5, 0.6) is 0 Å². The molecule has 0 radical (unpaired) electrons. The van der Waals surface area contributed by atoms with Crippen LogP contribution in [0.2, 0.25) is 0 Å². The molecule has 7 heteroatoms. The minimum Gasteiger partial charge on any atom is -0.426 e. The first-order valence-electron chi connectivity index (χ1n) is 7.04. The molecule has 0 saturated carbocycles. The molecule has 1 aromatic rings. The Morgan fingerprint density at radius 1 is 1.29 bits per heavy atom. The molecule has 0 bridgehead atoms. The van der Waals surface area contributed by atoms with Gasteiger partial charge < -0.3 is 15.4 Å². The van der Waals surface area contributed by atoms with Gasteiger partial charge in [-0.25, -0.2) is 0 Å². The van der Waals surface area contributed by atoms with Crippen LogP contribution >= 0.6 is 12.8 Å². The molecule has 1 aromatic carbocycles. The van der Waals surface area contributed by atoms with Crippen LogP contribution in [0.3, 0.4) is 0 Å². The van der Waals surface area contributed by atoms with Crippen LogP contribution in [-0.2, 0) is 11.2 Å². The van der Waals surface area contributed by atoms with Gasteiger partial charge >= 0.3 is 7.12 Å². The predicted octanol–water partition coefficient (Wildman–Crippen LogP) is 0.575. The van der Waals surface area contributed by atoms with E-state index in [2.05, 4.69) is 22.9 Å². The molecular formula is C14H23BN2O3S. The van der Waals surface area contributed by atoms with E-state index in [-0.39, 0.29) is 11.8 Å². The Hall–Kier alpha value is -1.02. The number of carbonyl (C=O) groups excluding carboxylic acids is 1. The molecule has 5 nitrogen and oxygen atoms in total. The highest BCUT2D eigenvalue weighted by molar-refractivity contribution is 7.78. The van der Waals surface area contributed by atoms with Gasteiger partial charge in [-0.3, -0.25) is 9.52 Å². The molecule has 1 amide bonds. The summed E-state index contributed by atoms with van der Waals surface area (Å²) < 4.78 is 2.67. The Labute approximate surface area is 131 Å². The molecule has 0 spiro atoms. The number of benzene rings is 1. The molecule has 0 aliphatic heterocycles. The van der Waals surface area contributed by atoms with Crippen LogP contribution in [0.4, 0.5) is 0 Å². The summed E-state index contributed by atoms with van der Waals surface area (Å²) in [7, 11) is -1.58. The van der Waals surface area contributed by atoms with E-state index >= 15 is 0 Å². The lowest BCUT2D eigenvalue weighted by Crippen LogP contribution is -2.52. The van der Waals surface area contributed by atoms with Crippen molar-refractivity contribution in [3.8, 4) is 0 Å². The van der Waals surface area contributed by atoms with Crippen LogP contribution in [0.1, 0.15) is 25.8 Å². The van der Waals surface area contributed by atoms with E-state index < -0.39 is 19.1 Å². The molecule has 0 saturated heterocycles. The smallest absolute Gasteiger partial charge is 0.426 e. The number of hydrogen-bond donors (Lipinski definition) is 5. The number of amides is 1. The van der Waals surface area contributed by atoms with E-state index in [0.717, 1.165) is 5.56 Å². The second-order valence-corrected chi connectivity index (χ2v) is 5.79. The second kappa shape index (κ2) is 9.09. The minimum absolute atomic E-state index is 0.244. The first-order chi connectivity index (χ1) is 9.93. The summed E-state index contributed by atoms with van der Waals surface area (Å²) in [6.45, 7) is 3.92. The molecule has 4 N–H and O–H groups in total. The van der Waals surface area contributed by atoms with E-state index in [4.69, 9.17) is 0 Å². The monoisotopic (exact) mass is 310 g/mol. The summed E-state index contributed by atoms with van der Waals surface area (Å²) in [5, 5.41) is 21.4. The number of rotatable bonds is 8. The Balaban J connectivity index is 2.65. The van der Waals surface area contributed by atoms with Crippen molar-refractivity contribution in [3.05, 3.63) is 35.9 Å². The number of nitrogens with one attached hydrogen (secondary N) is 2. The van der Waals surface area contributed by atoms with Crippen LogP contribution in [0.25, 0.3) is 0 Å². The zero-order valence-corrected chi connectivity index (χ0v) is 13.3. The third-order valence-corrected chi connectivity index (χ3v) is 3.48. The van der Waals surface area contributed by atoms with Gasteiger partial charge in [0.2, 0.25) is 5.91 Å². The van der Waals surface area contributed by atoms with Crippen molar-refractivity contribution < 1.29 is 14.8 Å². The topological polar surface area (TPSA) is 81.6 Å². The summed E-state index contributed by atoms with van der Waals surface area (Å²) in [4.78, 5) is 12.2. The summed E-state index contributed by atoms with van der Waals surface area (Å²) in [6, 6.07) is 9.04. The highest BCUT2D eigenvalue weighted by Gasteiger charge is 2.28. The maximum absolute atomic E-state index is 12.2. The minimum atomic E-state index is -1.58. The van der Waals surface area contributed by atoms with Gasteiger partial charge in [0.05, 0.1) is 12.0 Å². The molecule has 0 aliphatic rings. The van der Waals surface area contributed by atoms with Gasteiger partial charge in [-0.1, -0.05) is 57.0 Å². The van der Waals surface area contributed by atoms with Gasteiger partial charge in [-0.15, -0.1) is 0 Å².